The molecule has 0 bridgehead atoms. The molecule has 1 saturated carbocycles. The van der Waals surface area contributed by atoms with Crippen LogP contribution in [0.3, 0.4) is 0 Å². The molecule has 2 fully saturated rings. The molecule has 4 rings (SSSR count). The van der Waals surface area contributed by atoms with Crippen molar-refractivity contribution in [2.75, 3.05) is 20.3 Å². The number of piperidine rings is 1. The number of benzene rings is 2. The maximum absolute atomic E-state index is 13.3. The maximum atomic E-state index is 13.3. The van der Waals surface area contributed by atoms with Crippen LogP contribution in [0.4, 0.5) is 5.69 Å². The van der Waals surface area contributed by atoms with E-state index in [0.717, 1.165) is 31.2 Å². The molecule has 0 aromatic heterocycles. The summed E-state index contributed by atoms with van der Waals surface area (Å²) in [6.07, 6.45) is 3.83. The van der Waals surface area contributed by atoms with Gasteiger partial charge in [0.25, 0.3) is 11.6 Å². The number of nitro benzene ring substituents is 1. The van der Waals surface area contributed by atoms with E-state index in [1.807, 2.05) is 30.3 Å². The first-order valence-corrected chi connectivity index (χ1v) is 10.4. The van der Waals surface area contributed by atoms with Gasteiger partial charge in [-0.15, -0.1) is 0 Å². The molecule has 8 heteroatoms. The Balaban J connectivity index is 1.62. The lowest BCUT2D eigenvalue weighted by Crippen LogP contribution is -2.48. The van der Waals surface area contributed by atoms with Crippen molar-refractivity contribution in [3.63, 3.8) is 0 Å². The zero-order valence-electron chi connectivity index (χ0n) is 17.5. The number of aliphatic hydroxyl groups excluding tert-OH is 1. The topological polar surface area (TPSA) is 102 Å². The van der Waals surface area contributed by atoms with Crippen molar-refractivity contribution in [1.82, 2.24) is 4.90 Å². The van der Waals surface area contributed by atoms with E-state index < -0.39 is 10.8 Å². The SMILES string of the molecule is COc1cc(C(=O)N2CCC3(CC3)CC2CO)c([N+](=O)[O-])cc1OCc1ccccc1. The molecule has 1 aliphatic heterocycles. The molecule has 0 radical (unpaired) electrons. The summed E-state index contributed by atoms with van der Waals surface area (Å²) in [5.41, 5.74) is 0.750. The summed E-state index contributed by atoms with van der Waals surface area (Å²) in [5.74, 6) is -0.0147. The second-order valence-corrected chi connectivity index (χ2v) is 8.34. The van der Waals surface area contributed by atoms with Gasteiger partial charge in [0.15, 0.2) is 11.5 Å². The third kappa shape index (κ3) is 4.34. The van der Waals surface area contributed by atoms with Crippen molar-refractivity contribution in [2.24, 2.45) is 5.41 Å². The fourth-order valence-electron chi connectivity index (χ4n) is 4.35. The highest BCUT2D eigenvalue weighted by Crippen LogP contribution is 2.55. The van der Waals surface area contributed by atoms with Gasteiger partial charge in [-0.2, -0.15) is 0 Å². The Morgan fingerprint density at radius 2 is 1.97 bits per heavy atom. The van der Waals surface area contributed by atoms with Gasteiger partial charge in [-0.3, -0.25) is 14.9 Å². The Kier molecular flexibility index (Phi) is 5.82. The Hall–Kier alpha value is -3.13. The standard InChI is InChI=1S/C23H26N2O6/c1-30-20-11-18(22(27)24-10-9-23(7-8-23)13-17(24)14-26)19(25(28)29)12-21(20)31-15-16-5-3-2-4-6-16/h2-6,11-12,17,26H,7-10,13-15H2,1H3. The van der Waals surface area contributed by atoms with Gasteiger partial charge in [0, 0.05) is 12.6 Å². The lowest BCUT2D eigenvalue weighted by molar-refractivity contribution is -0.385. The van der Waals surface area contributed by atoms with E-state index in [-0.39, 0.29) is 47.4 Å². The average molecular weight is 426 g/mol. The molecule has 1 N–H and O–H groups in total. The summed E-state index contributed by atoms with van der Waals surface area (Å²) in [6.45, 7) is 0.537. The number of nitrogens with zero attached hydrogens (tertiary/aromatic N) is 2. The molecule has 1 atom stereocenters. The number of likely N-dealkylation sites (tertiary alicyclic amines) is 1. The normalized spacial score (nSPS) is 19.2. The Morgan fingerprint density at radius 3 is 2.58 bits per heavy atom. The number of carbonyl (C=O) groups is 1. The van der Waals surface area contributed by atoms with Crippen LogP contribution in [0.25, 0.3) is 0 Å². The molecule has 164 valence electrons. The fourth-order valence-corrected chi connectivity index (χ4v) is 4.35. The quantitative estimate of drug-likeness (QED) is 0.537. The zero-order chi connectivity index (χ0) is 22.0. The van der Waals surface area contributed by atoms with E-state index in [4.69, 9.17) is 9.47 Å². The van der Waals surface area contributed by atoms with Gasteiger partial charge in [-0.05, 0) is 36.7 Å². The van der Waals surface area contributed by atoms with Crippen LogP contribution in [0.15, 0.2) is 42.5 Å². The van der Waals surface area contributed by atoms with Crippen molar-refractivity contribution >= 4 is 11.6 Å². The first-order chi connectivity index (χ1) is 15.0. The van der Waals surface area contributed by atoms with Crippen LogP contribution >= 0.6 is 0 Å². The fraction of sp³-hybridized carbons (Fsp3) is 0.435. The van der Waals surface area contributed by atoms with Crippen molar-refractivity contribution in [1.29, 1.82) is 0 Å². The van der Waals surface area contributed by atoms with Gasteiger partial charge in [0.2, 0.25) is 0 Å². The number of rotatable bonds is 7. The monoisotopic (exact) mass is 426 g/mol. The van der Waals surface area contributed by atoms with E-state index in [1.54, 1.807) is 4.90 Å². The Labute approximate surface area is 180 Å². The minimum Gasteiger partial charge on any atom is -0.493 e. The molecule has 31 heavy (non-hydrogen) atoms. The number of amides is 1. The number of carbonyl (C=O) groups excluding carboxylic acids is 1. The van der Waals surface area contributed by atoms with E-state index >= 15 is 0 Å². The van der Waals surface area contributed by atoms with E-state index in [9.17, 15) is 20.0 Å². The molecular weight excluding hydrogens is 400 g/mol. The smallest absolute Gasteiger partial charge is 0.286 e. The van der Waals surface area contributed by atoms with Gasteiger partial charge in [0.05, 0.1) is 30.7 Å². The number of methoxy groups -OCH3 is 1. The van der Waals surface area contributed by atoms with Gasteiger partial charge in [-0.1, -0.05) is 30.3 Å². The summed E-state index contributed by atoms with van der Waals surface area (Å²) >= 11 is 0. The Bertz CT molecular complexity index is 974. The molecule has 8 nitrogen and oxygen atoms in total. The van der Waals surface area contributed by atoms with Crippen LogP contribution in [0.1, 0.15) is 41.6 Å². The second kappa shape index (κ2) is 8.55. The van der Waals surface area contributed by atoms with Crippen LogP contribution in [0.5, 0.6) is 11.5 Å². The predicted molar refractivity (Wildman–Crippen MR) is 113 cm³/mol. The molecular formula is C23H26N2O6. The highest BCUT2D eigenvalue weighted by molar-refractivity contribution is 5.99. The molecule has 2 aromatic carbocycles. The van der Waals surface area contributed by atoms with Crippen molar-refractivity contribution in [3.8, 4) is 11.5 Å². The van der Waals surface area contributed by atoms with Crippen molar-refractivity contribution in [3.05, 3.63) is 63.7 Å². The van der Waals surface area contributed by atoms with Crippen LogP contribution in [-0.4, -0.2) is 47.1 Å². The van der Waals surface area contributed by atoms with Crippen molar-refractivity contribution < 1.29 is 24.3 Å². The molecule has 1 amide bonds. The van der Waals surface area contributed by atoms with Crippen molar-refractivity contribution in [2.45, 2.75) is 38.3 Å². The lowest BCUT2D eigenvalue weighted by atomic mass is 9.87. The molecule has 2 aliphatic rings. The highest BCUT2D eigenvalue weighted by atomic mass is 16.6. The third-order valence-corrected chi connectivity index (χ3v) is 6.37. The maximum Gasteiger partial charge on any atom is 0.286 e. The summed E-state index contributed by atoms with van der Waals surface area (Å²) in [5, 5.41) is 21.6. The first kappa shape index (κ1) is 21.1. The summed E-state index contributed by atoms with van der Waals surface area (Å²) in [6, 6.07) is 11.7. The second-order valence-electron chi connectivity index (χ2n) is 8.34. The summed E-state index contributed by atoms with van der Waals surface area (Å²) < 4.78 is 11.1. The Morgan fingerprint density at radius 1 is 1.23 bits per heavy atom. The van der Waals surface area contributed by atoms with E-state index in [2.05, 4.69) is 0 Å². The van der Waals surface area contributed by atoms with Gasteiger partial charge in [0.1, 0.15) is 12.2 Å². The highest BCUT2D eigenvalue weighted by Gasteiger charge is 2.49. The average Bonchev–Trinajstić information content (AvgIpc) is 3.55. The van der Waals surface area contributed by atoms with Crippen LogP contribution in [0, 0.1) is 15.5 Å². The molecule has 1 unspecified atom stereocenters. The predicted octanol–water partition coefficient (Wildman–Crippen LogP) is 3.56. The summed E-state index contributed by atoms with van der Waals surface area (Å²) in [4.78, 5) is 26.1. The number of hydrogen-bond donors (Lipinski definition) is 1. The molecule has 1 spiro atoms. The van der Waals surface area contributed by atoms with E-state index in [0.29, 0.717) is 6.54 Å². The molecule has 1 saturated heterocycles. The van der Waals surface area contributed by atoms with Gasteiger partial charge in [-0.25, -0.2) is 0 Å². The van der Waals surface area contributed by atoms with Crippen LogP contribution in [-0.2, 0) is 6.61 Å². The van der Waals surface area contributed by atoms with Gasteiger partial charge >= 0.3 is 0 Å². The minimum absolute atomic E-state index is 0.0564. The number of ether oxygens (including phenoxy) is 2. The van der Waals surface area contributed by atoms with Crippen LogP contribution < -0.4 is 9.47 Å². The number of aliphatic hydroxyl groups is 1. The van der Waals surface area contributed by atoms with Gasteiger partial charge < -0.3 is 19.5 Å². The minimum atomic E-state index is -0.581. The third-order valence-electron chi connectivity index (χ3n) is 6.37. The van der Waals surface area contributed by atoms with E-state index in [1.165, 1.54) is 19.2 Å². The molecule has 2 aromatic rings. The molecule has 1 aliphatic carbocycles. The largest absolute Gasteiger partial charge is 0.493 e. The first-order valence-electron chi connectivity index (χ1n) is 10.4. The zero-order valence-corrected chi connectivity index (χ0v) is 17.5. The summed E-state index contributed by atoms with van der Waals surface area (Å²) in [7, 11) is 1.43. The number of nitro groups is 1. The lowest BCUT2D eigenvalue weighted by Gasteiger charge is -2.39. The molecule has 1 heterocycles. The van der Waals surface area contributed by atoms with Crippen LogP contribution in [0.2, 0.25) is 0 Å². The number of hydrogen-bond acceptors (Lipinski definition) is 6.